The van der Waals surface area contributed by atoms with E-state index in [1.165, 1.54) is 15.5 Å². The SMILES string of the molecule is c1ccc(-c2cc(-c3nccs3)cc(-n3c4ccccc4c4ccc(-c5nc6ccccc6s5)cc43)c2)nc1. The Bertz CT molecular complexity index is 2090. The van der Waals surface area contributed by atoms with Crippen LogP contribution in [-0.2, 0) is 0 Å². The van der Waals surface area contributed by atoms with Crippen LogP contribution in [0.1, 0.15) is 0 Å². The molecule has 0 amide bonds. The van der Waals surface area contributed by atoms with Gasteiger partial charge in [-0.1, -0.05) is 48.5 Å². The fourth-order valence-corrected chi connectivity index (χ4v) is 6.88. The highest BCUT2D eigenvalue weighted by atomic mass is 32.1. The summed E-state index contributed by atoms with van der Waals surface area (Å²) in [4.78, 5) is 14.2. The van der Waals surface area contributed by atoms with E-state index in [0.29, 0.717) is 0 Å². The minimum absolute atomic E-state index is 0.938. The molecular formula is C33H20N4S2. The normalized spacial score (nSPS) is 11.6. The molecule has 4 nitrogen and oxygen atoms in total. The molecule has 0 saturated carbocycles. The molecule has 0 saturated heterocycles. The maximum atomic E-state index is 4.94. The summed E-state index contributed by atoms with van der Waals surface area (Å²) >= 11 is 3.38. The molecule has 184 valence electrons. The van der Waals surface area contributed by atoms with E-state index in [1.54, 1.807) is 22.7 Å². The van der Waals surface area contributed by atoms with Crippen molar-refractivity contribution in [2.24, 2.45) is 0 Å². The van der Waals surface area contributed by atoms with Crippen LogP contribution < -0.4 is 0 Å². The Labute approximate surface area is 232 Å². The van der Waals surface area contributed by atoms with Gasteiger partial charge in [0.25, 0.3) is 0 Å². The third-order valence-electron chi connectivity index (χ3n) is 7.03. The first-order valence-corrected chi connectivity index (χ1v) is 14.4. The van der Waals surface area contributed by atoms with Crippen molar-refractivity contribution in [1.82, 2.24) is 19.5 Å². The molecule has 4 aromatic heterocycles. The Morgan fingerprint density at radius 1 is 0.590 bits per heavy atom. The summed E-state index contributed by atoms with van der Waals surface area (Å²) in [6.07, 6.45) is 3.70. The molecule has 0 bridgehead atoms. The van der Waals surface area contributed by atoms with E-state index in [0.717, 1.165) is 54.6 Å². The van der Waals surface area contributed by atoms with Crippen molar-refractivity contribution >= 4 is 54.7 Å². The lowest BCUT2D eigenvalue weighted by Crippen LogP contribution is -1.96. The maximum absolute atomic E-state index is 4.94. The van der Waals surface area contributed by atoms with E-state index in [2.05, 4.69) is 99.5 Å². The highest BCUT2D eigenvalue weighted by Gasteiger charge is 2.17. The lowest BCUT2D eigenvalue weighted by Gasteiger charge is -2.13. The summed E-state index contributed by atoms with van der Waals surface area (Å²) in [5.74, 6) is 0. The molecule has 4 heterocycles. The Morgan fingerprint density at radius 3 is 2.31 bits per heavy atom. The summed E-state index contributed by atoms with van der Waals surface area (Å²) in [5.41, 5.74) is 8.63. The molecule has 8 rings (SSSR count). The molecular weight excluding hydrogens is 517 g/mol. The number of aromatic nitrogens is 4. The molecule has 0 aliphatic carbocycles. The second-order valence-corrected chi connectivity index (χ2v) is 11.3. The second kappa shape index (κ2) is 8.98. The Morgan fingerprint density at radius 2 is 1.44 bits per heavy atom. The highest BCUT2D eigenvalue weighted by molar-refractivity contribution is 7.21. The Kier molecular flexibility index (Phi) is 5.14. The van der Waals surface area contributed by atoms with Gasteiger partial charge in [0.2, 0.25) is 0 Å². The summed E-state index contributed by atoms with van der Waals surface area (Å²) < 4.78 is 3.56. The van der Waals surface area contributed by atoms with Crippen LogP contribution in [0.3, 0.4) is 0 Å². The van der Waals surface area contributed by atoms with E-state index in [1.807, 2.05) is 36.0 Å². The van der Waals surface area contributed by atoms with Crippen LogP contribution in [0.25, 0.3) is 70.1 Å². The van der Waals surface area contributed by atoms with E-state index in [-0.39, 0.29) is 0 Å². The van der Waals surface area contributed by atoms with E-state index >= 15 is 0 Å². The van der Waals surface area contributed by atoms with Gasteiger partial charge in [-0.2, -0.15) is 0 Å². The van der Waals surface area contributed by atoms with Crippen molar-refractivity contribution in [3.05, 3.63) is 121 Å². The summed E-state index contributed by atoms with van der Waals surface area (Å²) in [6.45, 7) is 0. The van der Waals surface area contributed by atoms with Crippen molar-refractivity contribution in [3.63, 3.8) is 0 Å². The van der Waals surface area contributed by atoms with Gasteiger partial charge in [0.1, 0.15) is 10.0 Å². The van der Waals surface area contributed by atoms with Crippen molar-refractivity contribution in [1.29, 1.82) is 0 Å². The number of thiazole rings is 2. The van der Waals surface area contributed by atoms with Crippen molar-refractivity contribution in [2.45, 2.75) is 0 Å². The number of para-hydroxylation sites is 2. The van der Waals surface area contributed by atoms with Gasteiger partial charge in [0, 0.05) is 50.9 Å². The molecule has 0 N–H and O–H groups in total. The molecule has 0 aliphatic heterocycles. The van der Waals surface area contributed by atoms with Crippen LogP contribution in [0.15, 0.2) is 121 Å². The first-order valence-electron chi connectivity index (χ1n) is 12.7. The number of hydrogen-bond donors (Lipinski definition) is 0. The predicted octanol–water partition coefficient (Wildman–Crippen LogP) is 9.25. The lowest BCUT2D eigenvalue weighted by atomic mass is 10.1. The highest BCUT2D eigenvalue weighted by Crippen LogP contribution is 2.38. The fraction of sp³-hybridized carbons (Fsp3) is 0. The van der Waals surface area contributed by atoms with Crippen molar-refractivity contribution in [3.8, 4) is 38.1 Å². The van der Waals surface area contributed by atoms with E-state index in [9.17, 15) is 0 Å². The van der Waals surface area contributed by atoms with Gasteiger partial charge in [-0.05, 0) is 54.6 Å². The first-order chi connectivity index (χ1) is 19.3. The minimum Gasteiger partial charge on any atom is -0.309 e. The average Bonchev–Trinajstić information content (AvgIpc) is 3.75. The van der Waals surface area contributed by atoms with Gasteiger partial charge < -0.3 is 4.57 Å². The quantitative estimate of drug-likeness (QED) is 0.225. The number of hydrogen-bond acceptors (Lipinski definition) is 5. The molecule has 0 aliphatic rings. The Balaban J connectivity index is 1.41. The number of benzene rings is 4. The molecule has 0 radical (unpaired) electrons. The first kappa shape index (κ1) is 22.3. The van der Waals surface area contributed by atoms with Crippen LogP contribution in [0.4, 0.5) is 0 Å². The summed E-state index contributed by atoms with van der Waals surface area (Å²) in [7, 11) is 0. The number of nitrogens with zero attached hydrogens (tertiary/aromatic N) is 4. The number of fused-ring (bicyclic) bond motifs is 4. The lowest BCUT2D eigenvalue weighted by molar-refractivity contribution is 1.18. The zero-order valence-electron chi connectivity index (χ0n) is 20.7. The summed E-state index contributed by atoms with van der Waals surface area (Å²) in [5, 5.41) is 6.48. The molecule has 8 aromatic rings. The van der Waals surface area contributed by atoms with E-state index < -0.39 is 0 Å². The molecule has 0 fully saturated rings. The zero-order chi connectivity index (χ0) is 25.8. The van der Waals surface area contributed by atoms with Gasteiger partial charge in [-0.3, -0.25) is 4.98 Å². The maximum Gasteiger partial charge on any atom is 0.124 e. The van der Waals surface area contributed by atoms with Crippen LogP contribution in [0.5, 0.6) is 0 Å². The van der Waals surface area contributed by atoms with Crippen LogP contribution in [0, 0.1) is 0 Å². The number of rotatable bonds is 4. The Hall–Kier alpha value is -4.65. The fourth-order valence-electron chi connectivity index (χ4n) is 5.29. The molecule has 0 spiro atoms. The van der Waals surface area contributed by atoms with Crippen molar-refractivity contribution < 1.29 is 0 Å². The molecule has 39 heavy (non-hydrogen) atoms. The topological polar surface area (TPSA) is 43.6 Å². The third-order valence-corrected chi connectivity index (χ3v) is 8.94. The van der Waals surface area contributed by atoms with Gasteiger partial charge in [0.15, 0.2) is 0 Å². The van der Waals surface area contributed by atoms with E-state index in [4.69, 9.17) is 4.98 Å². The summed E-state index contributed by atoms with van der Waals surface area (Å²) in [6, 6.07) is 36.4. The van der Waals surface area contributed by atoms with Gasteiger partial charge >= 0.3 is 0 Å². The average molecular weight is 537 g/mol. The molecule has 6 heteroatoms. The minimum atomic E-state index is 0.938. The number of pyridine rings is 1. The van der Waals surface area contributed by atoms with Gasteiger partial charge in [-0.15, -0.1) is 22.7 Å². The monoisotopic (exact) mass is 536 g/mol. The third kappa shape index (κ3) is 3.76. The molecule has 0 atom stereocenters. The van der Waals surface area contributed by atoms with Gasteiger partial charge in [0.05, 0.1) is 26.9 Å². The smallest absolute Gasteiger partial charge is 0.124 e. The predicted molar refractivity (Wildman–Crippen MR) is 164 cm³/mol. The van der Waals surface area contributed by atoms with Crippen molar-refractivity contribution in [2.75, 3.05) is 0 Å². The molecule has 4 aromatic carbocycles. The van der Waals surface area contributed by atoms with Crippen LogP contribution in [0.2, 0.25) is 0 Å². The van der Waals surface area contributed by atoms with Crippen LogP contribution in [-0.4, -0.2) is 19.5 Å². The zero-order valence-corrected chi connectivity index (χ0v) is 22.3. The van der Waals surface area contributed by atoms with Gasteiger partial charge in [-0.25, -0.2) is 9.97 Å². The second-order valence-electron chi connectivity index (χ2n) is 9.39. The largest absolute Gasteiger partial charge is 0.309 e. The molecule has 0 unspecified atom stereocenters. The van der Waals surface area contributed by atoms with Crippen LogP contribution >= 0.6 is 22.7 Å². The standard InChI is InChI=1S/C33H20N4S2/c1-3-10-29-25(7-1)26-13-12-21(33-36-28-9-2-4-11-31(28)39-33)20-30(26)37(29)24-18-22(27-8-5-6-14-34-27)17-23(19-24)32-35-15-16-38-32/h1-20H.